The van der Waals surface area contributed by atoms with Gasteiger partial charge in [0.1, 0.15) is 5.82 Å². The normalized spacial score (nSPS) is 20.1. The highest BCUT2D eigenvalue weighted by Gasteiger charge is 2.27. The predicted molar refractivity (Wildman–Crippen MR) is 103 cm³/mol. The molecule has 1 saturated carbocycles. The van der Waals surface area contributed by atoms with Gasteiger partial charge in [0.25, 0.3) is 0 Å². The van der Waals surface area contributed by atoms with Crippen molar-refractivity contribution in [3.05, 3.63) is 30.1 Å². The smallest absolute Gasteiger partial charge is 0.321 e. The van der Waals surface area contributed by atoms with Crippen LogP contribution in [0.15, 0.2) is 24.3 Å². The van der Waals surface area contributed by atoms with E-state index in [1.807, 2.05) is 22.8 Å². The summed E-state index contributed by atoms with van der Waals surface area (Å²) >= 11 is 0. The van der Waals surface area contributed by atoms with Gasteiger partial charge in [-0.05, 0) is 31.9 Å². The molecule has 0 radical (unpaired) electrons. The Hall–Kier alpha value is -2.15. The first-order chi connectivity index (χ1) is 13.0. The summed E-state index contributed by atoms with van der Waals surface area (Å²) in [4.78, 5) is 28.5. The summed E-state index contributed by atoms with van der Waals surface area (Å²) in [7, 11) is 0. The van der Waals surface area contributed by atoms with Gasteiger partial charge in [-0.25, -0.2) is 9.18 Å². The molecule has 1 aliphatic carbocycles. The van der Waals surface area contributed by atoms with Crippen LogP contribution in [0.3, 0.4) is 0 Å². The van der Waals surface area contributed by atoms with E-state index in [0.29, 0.717) is 31.9 Å². The first-order valence-electron chi connectivity index (χ1n) is 9.89. The van der Waals surface area contributed by atoms with E-state index in [1.165, 1.54) is 12.5 Å². The van der Waals surface area contributed by atoms with Crippen LogP contribution < -0.4 is 15.5 Å². The van der Waals surface area contributed by atoms with Gasteiger partial charge in [0, 0.05) is 32.2 Å². The first-order valence-corrected chi connectivity index (χ1v) is 9.89. The van der Waals surface area contributed by atoms with Gasteiger partial charge in [-0.1, -0.05) is 31.4 Å². The summed E-state index contributed by atoms with van der Waals surface area (Å²) in [5.41, 5.74) is 0.598. The summed E-state index contributed by atoms with van der Waals surface area (Å²) in [5.74, 6) is -0.515. The number of nitrogens with zero attached hydrogens (tertiary/aromatic N) is 2. The van der Waals surface area contributed by atoms with E-state index in [-0.39, 0.29) is 17.8 Å². The number of amides is 3. The number of hydrogen-bond donors (Lipinski definition) is 2. The van der Waals surface area contributed by atoms with E-state index in [2.05, 4.69) is 10.6 Å². The molecule has 0 spiro atoms. The average Bonchev–Trinajstić information content (AvgIpc) is 2.68. The molecule has 1 atom stereocenters. The number of nitrogens with one attached hydrogen (secondary N) is 2. The fourth-order valence-electron chi connectivity index (χ4n) is 3.91. The Morgan fingerprint density at radius 2 is 1.74 bits per heavy atom. The zero-order chi connectivity index (χ0) is 19.2. The minimum Gasteiger partial charge on any atom is -0.367 e. The van der Waals surface area contributed by atoms with Crippen LogP contribution in [0.2, 0.25) is 0 Å². The Kier molecular flexibility index (Phi) is 6.66. The van der Waals surface area contributed by atoms with Crippen molar-refractivity contribution in [3.8, 4) is 0 Å². The molecule has 7 heteroatoms. The molecule has 0 aromatic heterocycles. The Balaban J connectivity index is 1.45. The molecule has 1 aliphatic heterocycles. The SMILES string of the molecule is CC(C(=O)NC(=O)NC1CCCCC1)N1CCN(c2ccccc2F)CC1. The van der Waals surface area contributed by atoms with Crippen LogP contribution in [-0.2, 0) is 4.79 Å². The zero-order valence-electron chi connectivity index (χ0n) is 15.9. The van der Waals surface area contributed by atoms with Crippen LogP contribution in [0.5, 0.6) is 0 Å². The molecular weight excluding hydrogens is 347 g/mol. The number of rotatable bonds is 4. The summed E-state index contributed by atoms with van der Waals surface area (Å²) in [6, 6.07) is 6.12. The maximum Gasteiger partial charge on any atom is 0.321 e. The van der Waals surface area contributed by atoms with Gasteiger partial charge < -0.3 is 10.2 Å². The van der Waals surface area contributed by atoms with Crippen molar-refractivity contribution in [3.63, 3.8) is 0 Å². The Labute approximate surface area is 160 Å². The monoisotopic (exact) mass is 376 g/mol. The predicted octanol–water partition coefficient (Wildman–Crippen LogP) is 2.49. The van der Waals surface area contributed by atoms with E-state index in [0.717, 1.165) is 25.7 Å². The molecule has 1 heterocycles. The van der Waals surface area contributed by atoms with Gasteiger partial charge >= 0.3 is 6.03 Å². The lowest BCUT2D eigenvalue weighted by atomic mass is 9.96. The molecular formula is C20H29FN4O2. The van der Waals surface area contributed by atoms with Crippen molar-refractivity contribution in [1.29, 1.82) is 0 Å². The zero-order valence-corrected chi connectivity index (χ0v) is 15.9. The molecule has 6 nitrogen and oxygen atoms in total. The van der Waals surface area contributed by atoms with Crippen molar-refractivity contribution in [2.75, 3.05) is 31.1 Å². The maximum absolute atomic E-state index is 13.9. The molecule has 148 valence electrons. The van der Waals surface area contributed by atoms with Crippen molar-refractivity contribution in [2.45, 2.75) is 51.1 Å². The van der Waals surface area contributed by atoms with Crippen molar-refractivity contribution < 1.29 is 14.0 Å². The number of imide groups is 1. The van der Waals surface area contributed by atoms with Crippen molar-refractivity contribution in [2.24, 2.45) is 0 Å². The summed E-state index contributed by atoms with van der Waals surface area (Å²) < 4.78 is 13.9. The highest BCUT2D eigenvalue weighted by Crippen LogP contribution is 2.21. The lowest BCUT2D eigenvalue weighted by Gasteiger charge is -2.38. The van der Waals surface area contributed by atoms with Gasteiger partial charge in [0.2, 0.25) is 5.91 Å². The average molecular weight is 376 g/mol. The number of piperazine rings is 1. The van der Waals surface area contributed by atoms with Crippen molar-refractivity contribution >= 4 is 17.6 Å². The number of urea groups is 1. The van der Waals surface area contributed by atoms with Crippen LogP contribution in [-0.4, -0.2) is 55.1 Å². The van der Waals surface area contributed by atoms with Gasteiger partial charge in [-0.3, -0.25) is 15.0 Å². The third-order valence-corrected chi connectivity index (χ3v) is 5.61. The van der Waals surface area contributed by atoms with Crippen molar-refractivity contribution in [1.82, 2.24) is 15.5 Å². The molecule has 1 aromatic rings. The largest absolute Gasteiger partial charge is 0.367 e. The highest BCUT2D eigenvalue weighted by molar-refractivity contribution is 5.96. The summed E-state index contributed by atoms with van der Waals surface area (Å²) in [6.45, 7) is 4.39. The third-order valence-electron chi connectivity index (χ3n) is 5.61. The Morgan fingerprint density at radius 1 is 1.07 bits per heavy atom. The minimum absolute atomic E-state index is 0.172. The van der Waals surface area contributed by atoms with E-state index in [9.17, 15) is 14.0 Å². The molecule has 0 bridgehead atoms. The van der Waals surface area contributed by atoms with E-state index < -0.39 is 12.1 Å². The van der Waals surface area contributed by atoms with Gasteiger partial charge in [-0.2, -0.15) is 0 Å². The molecule has 2 aliphatic rings. The van der Waals surface area contributed by atoms with Crippen LogP contribution in [0, 0.1) is 5.82 Å². The number of hydrogen-bond acceptors (Lipinski definition) is 4. The fourth-order valence-corrected chi connectivity index (χ4v) is 3.91. The van der Waals surface area contributed by atoms with Gasteiger partial charge in [-0.15, -0.1) is 0 Å². The second-order valence-corrected chi connectivity index (χ2v) is 7.45. The first kappa shape index (κ1) is 19.6. The van der Waals surface area contributed by atoms with Gasteiger partial charge in [0.15, 0.2) is 0 Å². The third kappa shape index (κ3) is 5.19. The Bertz CT molecular complexity index is 655. The lowest BCUT2D eigenvalue weighted by molar-refractivity contribution is -0.124. The quantitative estimate of drug-likeness (QED) is 0.847. The van der Waals surface area contributed by atoms with Crippen LogP contribution in [0.25, 0.3) is 0 Å². The minimum atomic E-state index is -0.399. The van der Waals surface area contributed by atoms with Gasteiger partial charge in [0.05, 0.1) is 11.7 Å². The van der Waals surface area contributed by atoms with E-state index >= 15 is 0 Å². The molecule has 2 fully saturated rings. The molecule has 1 aromatic carbocycles. The molecule has 27 heavy (non-hydrogen) atoms. The molecule has 2 N–H and O–H groups in total. The molecule has 3 amide bonds. The van der Waals surface area contributed by atoms with Crippen LogP contribution >= 0.6 is 0 Å². The number of benzene rings is 1. The second-order valence-electron chi connectivity index (χ2n) is 7.45. The Morgan fingerprint density at radius 3 is 2.41 bits per heavy atom. The molecule has 1 unspecified atom stereocenters. The fraction of sp³-hybridized carbons (Fsp3) is 0.600. The number of para-hydroxylation sites is 1. The second kappa shape index (κ2) is 9.17. The number of halogens is 1. The molecule has 3 rings (SSSR count). The lowest BCUT2D eigenvalue weighted by Crippen LogP contribution is -2.56. The number of carbonyl (C=O) groups excluding carboxylic acids is 2. The number of carbonyl (C=O) groups is 2. The van der Waals surface area contributed by atoms with E-state index in [4.69, 9.17) is 0 Å². The topological polar surface area (TPSA) is 64.7 Å². The maximum atomic E-state index is 13.9. The summed E-state index contributed by atoms with van der Waals surface area (Å²) in [6.07, 6.45) is 5.43. The summed E-state index contributed by atoms with van der Waals surface area (Å²) in [5, 5.41) is 5.38. The molecule has 1 saturated heterocycles. The standard InChI is InChI=1S/C20H29FN4O2/c1-15(19(26)23-20(27)22-16-7-3-2-4-8-16)24-11-13-25(14-12-24)18-10-6-5-9-17(18)21/h5-6,9-10,15-16H,2-4,7-8,11-14H2,1H3,(H2,22,23,26,27). The highest BCUT2D eigenvalue weighted by atomic mass is 19.1. The van der Waals surface area contributed by atoms with Crippen LogP contribution in [0.1, 0.15) is 39.0 Å². The van der Waals surface area contributed by atoms with Crippen LogP contribution in [0.4, 0.5) is 14.9 Å². The van der Waals surface area contributed by atoms with E-state index in [1.54, 1.807) is 12.1 Å². The number of anilines is 1.